The summed E-state index contributed by atoms with van der Waals surface area (Å²) in [5.74, 6) is 3.29. The van der Waals surface area contributed by atoms with E-state index in [1.54, 1.807) is 14.2 Å². The van der Waals surface area contributed by atoms with Gasteiger partial charge < -0.3 is 24.7 Å². The maximum absolute atomic E-state index is 5.20. The van der Waals surface area contributed by atoms with E-state index in [4.69, 9.17) is 9.47 Å². The average molecular weight is 374 g/mol. The molecule has 1 aromatic heterocycles. The van der Waals surface area contributed by atoms with Crippen molar-refractivity contribution in [2.24, 2.45) is 12.0 Å². The first-order valence-electron chi connectivity index (χ1n) is 9.05. The predicted molar refractivity (Wildman–Crippen MR) is 106 cm³/mol. The van der Waals surface area contributed by atoms with Crippen molar-refractivity contribution in [1.29, 1.82) is 0 Å². The molecule has 2 N–H and O–H groups in total. The molecule has 0 bridgehead atoms. The van der Waals surface area contributed by atoms with Gasteiger partial charge in [-0.05, 0) is 38.0 Å². The Labute approximate surface area is 161 Å². The highest BCUT2D eigenvalue weighted by Crippen LogP contribution is 2.11. The lowest BCUT2D eigenvalue weighted by Gasteiger charge is -2.17. The van der Waals surface area contributed by atoms with Crippen molar-refractivity contribution in [1.82, 2.24) is 25.4 Å². The summed E-state index contributed by atoms with van der Waals surface area (Å²) < 4.78 is 12.3. The highest BCUT2D eigenvalue weighted by molar-refractivity contribution is 5.80. The summed E-state index contributed by atoms with van der Waals surface area (Å²) in [5.41, 5.74) is 1.23. The Hall–Kier alpha value is -2.61. The Morgan fingerprint density at radius 3 is 2.56 bits per heavy atom. The average Bonchev–Trinajstić information content (AvgIpc) is 2.98. The lowest BCUT2D eigenvalue weighted by atomic mass is 10.1. The van der Waals surface area contributed by atoms with Crippen molar-refractivity contribution in [2.75, 3.05) is 27.4 Å². The van der Waals surface area contributed by atoms with Crippen LogP contribution in [0.2, 0.25) is 0 Å². The second-order valence-corrected chi connectivity index (χ2v) is 6.41. The van der Waals surface area contributed by atoms with Crippen molar-refractivity contribution in [3.05, 3.63) is 41.5 Å². The van der Waals surface area contributed by atoms with Crippen LogP contribution in [0.15, 0.2) is 29.3 Å². The largest absolute Gasteiger partial charge is 0.497 e. The molecule has 1 atom stereocenters. The Kier molecular flexibility index (Phi) is 8.06. The first-order valence-corrected chi connectivity index (χ1v) is 9.05. The molecule has 2 rings (SSSR count). The summed E-state index contributed by atoms with van der Waals surface area (Å²) in [6.45, 7) is 5.79. The molecule has 8 nitrogen and oxygen atoms in total. The van der Waals surface area contributed by atoms with Gasteiger partial charge in [-0.25, -0.2) is 4.99 Å². The molecule has 1 heterocycles. The second-order valence-electron chi connectivity index (χ2n) is 6.41. The van der Waals surface area contributed by atoms with Crippen LogP contribution in [-0.2, 0) is 24.8 Å². The molecule has 2 aromatic rings. The van der Waals surface area contributed by atoms with E-state index < -0.39 is 0 Å². The van der Waals surface area contributed by atoms with Gasteiger partial charge in [0.05, 0.1) is 13.7 Å². The molecule has 0 aliphatic rings. The topological polar surface area (TPSA) is 85.6 Å². The van der Waals surface area contributed by atoms with Gasteiger partial charge in [0.1, 0.15) is 18.1 Å². The van der Waals surface area contributed by atoms with Crippen LogP contribution in [0.1, 0.15) is 24.1 Å². The monoisotopic (exact) mass is 374 g/mol. The maximum Gasteiger partial charge on any atom is 0.192 e. The molecule has 0 fully saturated rings. The van der Waals surface area contributed by atoms with Crippen molar-refractivity contribution in [3.8, 4) is 5.75 Å². The summed E-state index contributed by atoms with van der Waals surface area (Å²) >= 11 is 0. The van der Waals surface area contributed by atoms with E-state index >= 15 is 0 Å². The zero-order valence-corrected chi connectivity index (χ0v) is 16.8. The Morgan fingerprint density at radius 1 is 1.22 bits per heavy atom. The third-order valence-electron chi connectivity index (χ3n) is 4.23. The summed E-state index contributed by atoms with van der Waals surface area (Å²) in [7, 11) is 5.30. The number of nitrogens with one attached hydrogen (secondary N) is 2. The van der Waals surface area contributed by atoms with Gasteiger partial charge in [0.15, 0.2) is 11.8 Å². The number of aryl methyl sites for hydroxylation is 1. The number of ether oxygens (including phenoxy) is 2. The van der Waals surface area contributed by atoms with Gasteiger partial charge in [0.2, 0.25) is 0 Å². The molecular formula is C19H30N6O2. The number of hydrogen-bond donors (Lipinski definition) is 2. The van der Waals surface area contributed by atoms with Gasteiger partial charge in [-0.1, -0.05) is 12.1 Å². The minimum Gasteiger partial charge on any atom is -0.497 e. The lowest BCUT2D eigenvalue weighted by Crippen LogP contribution is -2.44. The number of aliphatic imine (C=N–C) groups is 1. The van der Waals surface area contributed by atoms with Crippen LogP contribution >= 0.6 is 0 Å². The van der Waals surface area contributed by atoms with Crippen LogP contribution in [0.5, 0.6) is 5.75 Å². The Bertz CT molecular complexity index is 726. The van der Waals surface area contributed by atoms with Gasteiger partial charge in [-0.2, -0.15) is 0 Å². The lowest BCUT2D eigenvalue weighted by molar-refractivity contribution is 0.179. The van der Waals surface area contributed by atoms with Crippen LogP contribution < -0.4 is 15.4 Å². The molecule has 0 aliphatic heterocycles. The second kappa shape index (κ2) is 10.5. The fourth-order valence-corrected chi connectivity index (χ4v) is 2.53. The Balaban J connectivity index is 1.95. The summed E-state index contributed by atoms with van der Waals surface area (Å²) in [4.78, 5) is 4.64. The molecule has 1 aromatic carbocycles. The minimum atomic E-state index is 0.142. The van der Waals surface area contributed by atoms with Crippen molar-refractivity contribution in [2.45, 2.75) is 32.9 Å². The van der Waals surface area contributed by atoms with Crippen molar-refractivity contribution >= 4 is 5.96 Å². The van der Waals surface area contributed by atoms with Crippen LogP contribution in [0.3, 0.4) is 0 Å². The van der Waals surface area contributed by atoms with E-state index in [9.17, 15) is 0 Å². The minimum absolute atomic E-state index is 0.142. The van der Waals surface area contributed by atoms with Crippen LogP contribution in [0.4, 0.5) is 0 Å². The number of nitrogens with zero attached hydrogens (tertiary/aromatic N) is 4. The van der Waals surface area contributed by atoms with E-state index in [0.717, 1.165) is 36.3 Å². The molecule has 0 saturated heterocycles. The van der Waals surface area contributed by atoms with E-state index in [-0.39, 0.29) is 6.04 Å². The van der Waals surface area contributed by atoms with Gasteiger partial charge in [0.25, 0.3) is 0 Å². The first kappa shape index (κ1) is 20.7. The molecular weight excluding hydrogens is 344 g/mol. The number of hydrogen-bond acceptors (Lipinski definition) is 5. The maximum atomic E-state index is 5.20. The fraction of sp³-hybridized carbons (Fsp3) is 0.526. The molecule has 0 spiro atoms. The van der Waals surface area contributed by atoms with Crippen molar-refractivity contribution < 1.29 is 9.47 Å². The fourth-order valence-electron chi connectivity index (χ4n) is 2.53. The van der Waals surface area contributed by atoms with Crippen molar-refractivity contribution in [3.63, 3.8) is 0 Å². The van der Waals surface area contributed by atoms with E-state index in [1.165, 1.54) is 5.56 Å². The number of aromatic nitrogens is 3. The summed E-state index contributed by atoms with van der Waals surface area (Å²) in [6.07, 6.45) is 0.881. The number of guanidine groups is 1. The molecule has 0 radical (unpaired) electrons. The highest BCUT2D eigenvalue weighted by atomic mass is 16.5. The number of rotatable bonds is 9. The van der Waals surface area contributed by atoms with Gasteiger partial charge in [-0.3, -0.25) is 0 Å². The molecule has 148 valence electrons. The van der Waals surface area contributed by atoms with E-state index in [1.807, 2.05) is 30.7 Å². The van der Waals surface area contributed by atoms with Gasteiger partial charge in [-0.15, -0.1) is 10.2 Å². The number of methoxy groups -OCH3 is 2. The Morgan fingerprint density at radius 2 is 1.96 bits per heavy atom. The summed E-state index contributed by atoms with van der Waals surface area (Å²) in [5, 5.41) is 15.0. The molecule has 0 amide bonds. The first-order chi connectivity index (χ1) is 13.0. The van der Waals surface area contributed by atoms with Gasteiger partial charge >= 0.3 is 0 Å². The molecule has 8 heteroatoms. The van der Waals surface area contributed by atoms with Gasteiger partial charge in [0, 0.05) is 26.7 Å². The normalized spacial score (nSPS) is 12.7. The van der Waals surface area contributed by atoms with Crippen LogP contribution in [0.25, 0.3) is 0 Å². The third kappa shape index (κ3) is 6.56. The van der Waals surface area contributed by atoms with Crippen LogP contribution in [-0.4, -0.2) is 54.1 Å². The zero-order chi connectivity index (χ0) is 19.6. The van der Waals surface area contributed by atoms with E-state index in [0.29, 0.717) is 13.2 Å². The quantitative estimate of drug-likeness (QED) is 0.510. The molecule has 1 unspecified atom stereocenters. The van der Waals surface area contributed by atoms with Crippen LogP contribution in [0, 0.1) is 6.92 Å². The smallest absolute Gasteiger partial charge is 0.192 e. The standard InChI is InChI=1S/C19H30N6O2/c1-14(13-26-4)22-19(21-12-18-24-23-15(2)25(18)3)20-11-10-16-6-8-17(27-5)9-7-16/h6-9,14H,10-13H2,1-5H3,(H2,20,21,22). The number of benzene rings is 1. The molecule has 0 saturated carbocycles. The predicted octanol–water partition coefficient (Wildman–Crippen LogP) is 1.44. The molecule has 27 heavy (non-hydrogen) atoms. The third-order valence-corrected chi connectivity index (χ3v) is 4.23. The summed E-state index contributed by atoms with van der Waals surface area (Å²) in [6, 6.07) is 8.23. The highest BCUT2D eigenvalue weighted by Gasteiger charge is 2.08. The zero-order valence-electron chi connectivity index (χ0n) is 16.8. The SMILES string of the molecule is COCC(C)NC(=NCc1nnc(C)n1C)NCCc1ccc(OC)cc1. The van der Waals surface area contributed by atoms with E-state index in [2.05, 4.69) is 44.9 Å². The molecule has 0 aliphatic carbocycles.